The van der Waals surface area contributed by atoms with Crippen LogP contribution >= 0.6 is 0 Å². The Morgan fingerprint density at radius 2 is 1.79 bits per heavy atom. The van der Waals surface area contributed by atoms with E-state index in [4.69, 9.17) is 4.98 Å². The molecule has 1 N–H and O–H groups in total. The first-order valence-corrected chi connectivity index (χ1v) is 6.84. The molecule has 0 amide bonds. The maximum absolute atomic E-state index is 4.71. The first-order chi connectivity index (χ1) is 9.15. The summed E-state index contributed by atoms with van der Waals surface area (Å²) in [5.74, 6) is 0.874. The number of rotatable bonds is 4. The van der Waals surface area contributed by atoms with E-state index in [-0.39, 0.29) is 0 Å². The number of aryl methyl sites for hydroxylation is 3. The van der Waals surface area contributed by atoms with E-state index in [2.05, 4.69) is 48.4 Å². The third kappa shape index (κ3) is 2.92. The molecule has 0 bridgehead atoms. The van der Waals surface area contributed by atoms with E-state index < -0.39 is 0 Å². The lowest BCUT2D eigenvalue weighted by atomic mass is 10.1. The van der Waals surface area contributed by atoms with Crippen LogP contribution in [0.4, 0.5) is 5.82 Å². The highest BCUT2D eigenvalue weighted by Crippen LogP contribution is 2.26. The lowest BCUT2D eigenvalue weighted by Crippen LogP contribution is -2.06. The number of nitrogens with one attached hydrogen (secondary N) is 1. The molecule has 100 valence electrons. The normalized spacial score (nSPS) is 10.5. The lowest BCUT2D eigenvalue weighted by molar-refractivity contribution is 1.03. The van der Waals surface area contributed by atoms with Crippen molar-refractivity contribution in [3.05, 3.63) is 41.2 Å². The van der Waals surface area contributed by atoms with Crippen LogP contribution in [0.2, 0.25) is 0 Å². The van der Waals surface area contributed by atoms with Crippen molar-refractivity contribution in [1.29, 1.82) is 0 Å². The Hall–Kier alpha value is -1.90. The van der Waals surface area contributed by atoms with Crippen LogP contribution in [0.5, 0.6) is 0 Å². The smallest absolute Gasteiger partial charge is 0.152 e. The number of aromatic nitrogens is 2. The van der Waals surface area contributed by atoms with Crippen molar-refractivity contribution in [2.45, 2.75) is 34.1 Å². The maximum atomic E-state index is 4.71. The van der Waals surface area contributed by atoms with E-state index in [1.54, 1.807) is 0 Å². The molecule has 2 aromatic rings. The van der Waals surface area contributed by atoms with Gasteiger partial charge >= 0.3 is 0 Å². The molecular formula is C16H21N3. The van der Waals surface area contributed by atoms with Crippen LogP contribution < -0.4 is 5.32 Å². The fraction of sp³-hybridized carbons (Fsp3) is 0.375. The SMILES string of the molecule is CCNc1nc(C)c(C)nc1-c1cccc(CC)c1. The third-order valence-electron chi connectivity index (χ3n) is 3.26. The predicted molar refractivity (Wildman–Crippen MR) is 80.5 cm³/mol. The summed E-state index contributed by atoms with van der Waals surface area (Å²) in [7, 11) is 0. The molecular weight excluding hydrogens is 234 g/mol. The number of hydrogen-bond acceptors (Lipinski definition) is 3. The van der Waals surface area contributed by atoms with Gasteiger partial charge in [0.1, 0.15) is 5.69 Å². The van der Waals surface area contributed by atoms with Crippen molar-refractivity contribution in [2.75, 3.05) is 11.9 Å². The predicted octanol–water partition coefficient (Wildman–Crippen LogP) is 3.75. The van der Waals surface area contributed by atoms with Gasteiger partial charge in [0, 0.05) is 12.1 Å². The molecule has 19 heavy (non-hydrogen) atoms. The molecule has 0 aliphatic heterocycles. The molecule has 0 aliphatic rings. The van der Waals surface area contributed by atoms with Gasteiger partial charge in [-0.15, -0.1) is 0 Å². The van der Waals surface area contributed by atoms with Gasteiger partial charge in [0.15, 0.2) is 5.82 Å². The van der Waals surface area contributed by atoms with Crippen LogP contribution in [0.25, 0.3) is 11.3 Å². The summed E-state index contributed by atoms with van der Waals surface area (Å²) >= 11 is 0. The molecule has 2 rings (SSSR count). The van der Waals surface area contributed by atoms with Gasteiger partial charge in [-0.3, -0.25) is 0 Å². The number of hydrogen-bond donors (Lipinski definition) is 1. The average molecular weight is 255 g/mol. The molecule has 0 radical (unpaired) electrons. The Labute approximate surface area is 115 Å². The Kier molecular flexibility index (Phi) is 4.15. The zero-order valence-corrected chi connectivity index (χ0v) is 12.1. The largest absolute Gasteiger partial charge is 0.369 e. The van der Waals surface area contributed by atoms with Crippen molar-refractivity contribution >= 4 is 5.82 Å². The highest BCUT2D eigenvalue weighted by Gasteiger charge is 2.10. The number of nitrogens with zero attached hydrogens (tertiary/aromatic N) is 2. The first kappa shape index (κ1) is 13.5. The molecule has 0 aliphatic carbocycles. The monoisotopic (exact) mass is 255 g/mol. The second-order valence-corrected chi connectivity index (χ2v) is 4.68. The Morgan fingerprint density at radius 3 is 2.47 bits per heavy atom. The zero-order valence-electron chi connectivity index (χ0n) is 12.1. The van der Waals surface area contributed by atoms with E-state index in [0.29, 0.717) is 0 Å². The lowest BCUT2D eigenvalue weighted by Gasteiger charge is -2.12. The molecule has 0 fully saturated rings. The Balaban J connectivity index is 2.55. The molecule has 1 aromatic carbocycles. The number of benzene rings is 1. The molecule has 1 aromatic heterocycles. The summed E-state index contributed by atoms with van der Waals surface area (Å²) in [4.78, 5) is 9.33. The van der Waals surface area contributed by atoms with E-state index in [1.165, 1.54) is 5.56 Å². The summed E-state index contributed by atoms with van der Waals surface area (Å²) in [6, 6.07) is 8.52. The van der Waals surface area contributed by atoms with E-state index in [9.17, 15) is 0 Å². The second-order valence-electron chi connectivity index (χ2n) is 4.68. The minimum Gasteiger partial charge on any atom is -0.369 e. The molecule has 3 nitrogen and oxygen atoms in total. The highest BCUT2D eigenvalue weighted by atomic mass is 15.0. The van der Waals surface area contributed by atoms with Crippen LogP contribution in [-0.2, 0) is 6.42 Å². The molecule has 0 atom stereocenters. The van der Waals surface area contributed by atoms with Crippen LogP contribution in [0.3, 0.4) is 0 Å². The topological polar surface area (TPSA) is 37.8 Å². The minimum atomic E-state index is 0.845. The third-order valence-corrected chi connectivity index (χ3v) is 3.26. The maximum Gasteiger partial charge on any atom is 0.152 e. The van der Waals surface area contributed by atoms with Crippen molar-refractivity contribution in [1.82, 2.24) is 9.97 Å². The molecule has 0 saturated carbocycles. The summed E-state index contributed by atoms with van der Waals surface area (Å²) in [5.41, 5.74) is 5.36. The van der Waals surface area contributed by atoms with Crippen molar-refractivity contribution in [3.8, 4) is 11.3 Å². The molecule has 1 heterocycles. The van der Waals surface area contributed by atoms with Crippen LogP contribution in [0.15, 0.2) is 24.3 Å². The van der Waals surface area contributed by atoms with Crippen molar-refractivity contribution < 1.29 is 0 Å². The number of anilines is 1. The van der Waals surface area contributed by atoms with Gasteiger partial charge in [0.05, 0.1) is 11.4 Å². The van der Waals surface area contributed by atoms with Crippen LogP contribution in [0.1, 0.15) is 30.8 Å². The summed E-state index contributed by atoms with van der Waals surface area (Å²) in [6.07, 6.45) is 1.03. The molecule has 0 saturated heterocycles. The fourth-order valence-corrected chi connectivity index (χ4v) is 2.03. The second kappa shape index (κ2) is 5.83. The van der Waals surface area contributed by atoms with Gasteiger partial charge in [-0.1, -0.05) is 25.1 Å². The van der Waals surface area contributed by atoms with Gasteiger partial charge in [-0.2, -0.15) is 0 Å². The average Bonchev–Trinajstić information content (AvgIpc) is 2.43. The van der Waals surface area contributed by atoms with Gasteiger partial charge in [0.25, 0.3) is 0 Å². The first-order valence-electron chi connectivity index (χ1n) is 6.84. The minimum absolute atomic E-state index is 0.845. The van der Waals surface area contributed by atoms with Crippen molar-refractivity contribution in [3.63, 3.8) is 0 Å². The van der Waals surface area contributed by atoms with Gasteiger partial charge in [-0.05, 0) is 38.8 Å². The molecule has 3 heteroatoms. The Morgan fingerprint density at radius 1 is 1.05 bits per heavy atom. The fourth-order valence-electron chi connectivity index (χ4n) is 2.03. The van der Waals surface area contributed by atoms with Crippen molar-refractivity contribution in [2.24, 2.45) is 0 Å². The van der Waals surface area contributed by atoms with Gasteiger partial charge < -0.3 is 5.32 Å². The standard InChI is InChI=1S/C16H21N3/c1-5-13-8-7-9-14(10-13)15-16(17-6-2)19-12(4)11(3)18-15/h7-10H,5-6H2,1-4H3,(H,17,19). The Bertz CT molecular complexity index is 576. The molecule has 0 unspecified atom stereocenters. The zero-order chi connectivity index (χ0) is 13.8. The van der Waals surface area contributed by atoms with E-state index in [0.717, 1.165) is 41.4 Å². The molecule has 0 spiro atoms. The van der Waals surface area contributed by atoms with Crippen LogP contribution in [0, 0.1) is 13.8 Å². The highest BCUT2D eigenvalue weighted by molar-refractivity contribution is 5.72. The van der Waals surface area contributed by atoms with E-state index in [1.807, 2.05) is 13.8 Å². The van der Waals surface area contributed by atoms with E-state index >= 15 is 0 Å². The summed E-state index contributed by atoms with van der Waals surface area (Å²) < 4.78 is 0. The van der Waals surface area contributed by atoms with Gasteiger partial charge in [-0.25, -0.2) is 9.97 Å². The summed E-state index contributed by atoms with van der Waals surface area (Å²) in [6.45, 7) is 9.08. The van der Waals surface area contributed by atoms with Crippen LogP contribution in [-0.4, -0.2) is 16.5 Å². The van der Waals surface area contributed by atoms with Gasteiger partial charge in [0.2, 0.25) is 0 Å². The quantitative estimate of drug-likeness (QED) is 0.904. The summed E-state index contributed by atoms with van der Waals surface area (Å²) in [5, 5.41) is 3.31.